The first-order valence-electron chi connectivity index (χ1n) is 6.81. The van der Waals surface area contributed by atoms with Crippen LogP contribution >= 0.6 is 0 Å². The van der Waals surface area contributed by atoms with Crippen molar-refractivity contribution in [2.45, 2.75) is 39.3 Å². The molecule has 0 aliphatic heterocycles. The summed E-state index contributed by atoms with van der Waals surface area (Å²) in [6.45, 7) is 7.76. The fourth-order valence-corrected chi connectivity index (χ4v) is 2.35. The van der Waals surface area contributed by atoms with Crippen LogP contribution in [0.2, 0.25) is 0 Å². The number of nitrogens with zero attached hydrogens (tertiary/aromatic N) is 1. The van der Waals surface area contributed by atoms with Crippen LogP contribution in [0.5, 0.6) is 0 Å². The molecule has 0 aliphatic rings. The zero-order valence-corrected chi connectivity index (χ0v) is 12.0. The Kier molecular flexibility index (Phi) is 6.16. The highest BCUT2D eigenvalue weighted by Gasteiger charge is 2.15. The fourth-order valence-electron chi connectivity index (χ4n) is 2.35. The summed E-state index contributed by atoms with van der Waals surface area (Å²) in [5.41, 5.74) is 2.51. The number of rotatable bonds is 7. The molecule has 3 nitrogen and oxygen atoms in total. The predicted molar refractivity (Wildman–Crippen MR) is 78.1 cm³/mol. The molecule has 1 aromatic rings. The van der Waals surface area contributed by atoms with Crippen LogP contribution in [-0.4, -0.2) is 31.3 Å². The Morgan fingerprint density at radius 3 is 2.50 bits per heavy atom. The second-order valence-corrected chi connectivity index (χ2v) is 4.81. The molecule has 0 radical (unpaired) electrons. The van der Waals surface area contributed by atoms with E-state index in [0.29, 0.717) is 12.6 Å². The summed E-state index contributed by atoms with van der Waals surface area (Å²) < 4.78 is 0. The lowest BCUT2D eigenvalue weighted by atomic mass is 10.0. The van der Waals surface area contributed by atoms with Gasteiger partial charge in [0.1, 0.15) is 0 Å². The van der Waals surface area contributed by atoms with Crippen molar-refractivity contribution in [2.24, 2.45) is 0 Å². The van der Waals surface area contributed by atoms with E-state index in [9.17, 15) is 5.11 Å². The minimum atomic E-state index is -0.317. The van der Waals surface area contributed by atoms with Gasteiger partial charge >= 0.3 is 0 Å². The molecule has 1 rings (SSSR count). The average molecular weight is 250 g/mol. The van der Waals surface area contributed by atoms with Crippen molar-refractivity contribution in [1.82, 2.24) is 5.32 Å². The quantitative estimate of drug-likeness (QED) is 0.780. The van der Waals surface area contributed by atoms with E-state index in [1.807, 2.05) is 14.0 Å². The third-order valence-electron chi connectivity index (χ3n) is 3.12. The van der Waals surface area contributed by atoms with Crippen molar-refractivity contribution in [2.75, 3.05) is 25.0 Å². The smallest absolute Gasteiger partial charge is 0.0686 e. The highest BCUT2D eigenvalue weighted by atomic mass is 16.3. The zero-order chi connectivity index (χ0) is 13.5. The average Bonchev–Trinajstić information content (AvgIpc) is 2.35. The highest BCUT2D eigenvalue weighted by Crippen LogP contribution is 2.27. The molecule has 18 heavy (non-hydrogen) atoms. The van der Waals surface area contributed by atoms with E-state index in [1.165, 1.54) is 11.3 Å². The molecule has 2 atom stereocenters. The van der Waals surface area contributed by atoms with Crippen molar-refractivity contribution in [3.05, 3.63) is 29.8 Å². The molecule has 0 aliphatic carbocycles. The standard InChI is InChI=1S/C15H26N2O/c1-5-14(16-6-2)13-9-7-8-10-15(13)17(4)11-12(3)18/h7-10,12,14,16,18H,5-6,11H2,1-4H3. The van der Waals surface area contributed by atoms with Crippen molar-refractivity contribution >= 4 is 5.69 Å². The molecule has 0 amide bonds. The minimum absolute atomic E-state index is 0.317. The Balaban J connectivity index is 2.97. The van der Waals surface area contributed by atoms with Gasteiger partial charge in [0.05, 0.1) is 6.10 Å². The molecule has 102 valence electrons. The first-order valence-corrected chi connectivity index (χ1v) is 6.81. The van der Waals surface area contributed by atoms with Gasteiger partial charge in [0.2, 0.25) is 0 Å². The van der Waals surface area contributed by atoms with Crippen molar-refractivity contribution in [3.63, 3.8) is 0 Å². The van der Waals surface area contributed by atoms with Gasteiger partial charge < -0.3 is 15.3 Å². The van der Waals surface area contributed by atoms with Gasteiger partial charge in [-0.2, -0.15) is 0 Å². The van der Waals surface area contributed by atoms with Crippen LogP contribution in [-0.2, 0) is 0 Å². The van der Waals surface area contributed by atoms with Gasteiger partial charge in [0.25, 0.3) is 0 Å². The van der Waals surface area contributed by atoms with Crippen LogP contribution in [0.15, 0.2) is 24.3 Å². The predicted octanol–water partition coefficient (Wildman–Crippen LogP) is 2.56. The van der Waals surface area contributed by atoms with Gasteiger partial charge in [-0.25, -0.2) is 0 Å². The van der Waals surface area contributed by atoms with Crippen LogP contribution in [0.1, 0.15) is 38.8 Å². The van der Waals surface area contributed by atoms with Gasteiger partial charge in [-0.3, -0.25) is 0 Å². The molecule has 0 spiro atoms. The molecule has 0 fully saturated rings. The maximum Gasteiger partial charge on any atom is 0.0686 e. The second-order valence-electron chi connectivity index (χ2n) is 4.81. The Hall–Kier alpha value is -1.06. The first kappa shape index (κ1) is 15.0. The highest BCUT2D eigenvalue weighted by molar-refractivity contribution is 5.54. The number of anilines is 1. The van der Waals surface area contributed by atoms with E-state index in [2.05, 4.69) is 48.3 Å². The number of hydrogen-bond donors (Lipinski definition) is 2. The van der Waals surface area contributed by atoms with Crippen molar-refractivity contribution < 1.29 is 5.11 Å². The van der Waals surface area contributed by atoms with Crippen LogP contribution in [0.4, 0.5) is 5.69 Å². The number of hydrogen-bond acceptors (Lipinski definition) is 3. The number of nitrogens with one attached hydrogen (secondary N) is 1. The summed E-state index contributed by atoms with van der Waals surface area (Å²) in [5.74, 6) is 0. The van der Waals surface area contributed by atoms with Crippen LogP contribution in [0.25, 0.3) is 0 Å². The van der Waals surface area contributed by atoms with Gasteiger partial charge in [0.15, 0.2) is 0 Å². The molecule has 0 saturated heterocycles. The van der Waals surface area contributed by atoms with E-state index in [0.717, 1.165) is 13.0 Å². The SMILES string of the molecule is CCNC(CC)c1ccccc1N(C)CC(C)O. The summed E-state index contributed by atoms with van der Waals surface area (Å²) in [6.07, 6.45) is 0.746. The van der Waals surface area contributed by atoms with E-state index in [4.69, 9.17) is 0 Å². The summed E-state index contributed by atoms with van der Waals surface area (Å²) in [7, 11) is 2.03. The number of aliphatic hydroxyl groups is 1. The number of benzene rings is 1. The normalized spacial score (nSPS) is 14.3. The lowest BCUT2D eigenvalue weighted by Crippen LogP contribution is -2.29. The third kappa shape index (κ3) is 4.00. The fraction of sp³-hybridized carbons (Fsp3) is 0.600. The van der Waals surface area contributed by atoms with E-state index in [1.54, 1.807) is 0 Å². The molecule has 2 N–H and O–H groups in total. The molecule has 0 bridgehead atoms. The molecular formula is C15H26N2O. The topological polar surface area (TPSA) is 35.5 Å². The summed E-state index contributed by atoms with van der Waals surface area (Å²) >= 11 is 0. The Labute approximate surface area is 111 Å². The van der Waals surface area contributed by atoms with Crippen molar-refractivity contribution in [1.29, 1.82) is 0 Å². The number of aliphatic hydroxyl groups excluding tert-OH is 1. The summed E-state index contributed by atoms with van der Waals surface area (Å²) in [6, 6.07) is 8.80. The largest absolute Gasteiger partial charge is 0.392 e. The van der Waals surface area contributed by atoms with Gasteiger partial charge in [-0.15, -0.1) is 0 Å². The van der Waals surface area contributed by atoms with Gasteiger partial charge in [-0.05, 0) is 31.5 Å². The van der Waals surface area contributed by atoms with Crippen LogP contribution in [0, 0.1) is 0 Å². The molecule has 0 heterocycles. The summed E-state index contributed by atoms with van der Waals surface area (Å²) in [5, 5.41) is 13.0. The van der Waals surface area contributed by atoms with Gasteiger partial charge in [0, 0.05) is 25.3 Å². The Morgan fingerprint density at radius 1 is 1.28 bits per heavy atom. The van der Waals surface area contributed by atoms with Crippen LogP contribution in [0.3, 0.4) is 0 Å². The minimum Gasteiger partial charge on any atom is -0.392 e. The van der Waals surface area contributed by atoms with E-state index >= 15 is 0 Å². The molecule has 1 aromatic carbocycles. The molecule has 3 heteroatoms. The van der Waals surface area contributed by atoms with Gasteiger partial charge in [-0.1, -0.05) is 32.0 Å². The third-order valence-corrected chi connectivity index (χ3v) is 3.12. The molecule has 0 aromatic heterocycles. The number of likely N-dealkylation sites (N-methyl/N-ethyl adjacent to an activating group) is 1. The summed E-state index contributed by atoms with van der Waals surface area (Å²) in [4.78, 5) is 2.12. The van der Waals surface area contributed by atoms with E-state index in [-0.39, 0.29) is 6.10 Å². The Morgan fingerprint density at radius 2 is 1.94 bits per heavy atom. The lowest BCUT2D eigenvalue weighted by Gasteiger charge is -2.27. The molecule has 2 unspecified atom stereocenters. The molecular weight excluding hydrogens is 224 g/mol. The maximum absolute atomic E-state index is 9.52. The number of para-hydroxylation sites is 1. The zero-order valence-electron chi connectivity index (χ0n) is 12.0. The first-order chi connectivity index (χ1) is 8.60. The Bertz CT molecular complexity index is 352. The monoisotopic (exact) mass is 250 g/mol. The van der Waals surface area contributed by atoms with Crippen LogP contribution < -0.4 is 10.2 Å². The van der Waals surface area contributed by atoms with E-state index < -0.39 is 0 Å². The second kappa shape index (κ2) is 7.39. The molecule has 0 saturated carbocycles. The van der Waals surface area contributed by atoms with Crippen molar-refractivity contribution in [3.8, 4) is 0 Å². The maximum atomic E-state index is 9.52. The lowest BCUT2D eigenvalue weighted by molar-refractivity contribution is 0.201.